The molecule has 0 amide bonds. The van der Waals surface area contributed by atoms with Crippen LogP contribution in [0.25, 0.3) is 0 Å². The van der Waals surface area contributed by atoms with E-state index in [0.29, 0.717) is 12.0 Å². The van der Waals surface area contributed by atoms with Crippen molar-refractivity contribution in [1.82, 2.24) is 0 Å². The van der Waals surface area contributed by atoms with Crippen molar-refractivity contribution < 1.29 is 13.9 Å². The zero-order chi connectivity index (χ0) is 9.14. The highest BCUT2D eigenvalue weighted by atomic mass is 19.1. The molecule has 3 heteroatoms. The summed E-state index contributed by atoms with van der Waals surface area (Å²) in [6.07, 6.45) is 0.583. The van der Waals surface area contributed by atoms with Crippen molar-refractivity contribution in [1.29, 1.82) is 0 Å². The Morgan fingerprint density at radius 2 is 1.75 bits per heavy atom. The van der Waals surface area contributed by atoms with Crippen LogP contribution >= 0.6 is 0 Å². The molecule has 0 fully saturated rings. The van der Waals surface area contributed by atoms with Crippen LogP contribution in [0.1, 0.15) is 18.1 Å². The fourth-order valence-electron chi connectivity index (χ4n) is 1.01. The fourth-order valence-corrected chi connectivity index (χ4v) is 1.01. The molecular weight excluding hydrogens is 162 g/mol. The average Bonchev–Trinajstić information content (AvgIpc) is 2.03. The van der Waals surface area contributed by atoms with E-state index in [4.69, 9.17) is 5.11 Å². The molecule has 66 valence electrons. The minimum absolute atomic E-state index is 0.257. The van der Waals surface area contributed by atoms with Crippen LogP contribution in [0.5, 0.6) is 0 Å². The Balaban J connectivity index is 3.18. The molecule has 0 aliphatic carbocycles. The smallest absolute Gasteiger partial charge is 0.131 e. The molecule has 0 saturated carbocycles. The van der Waals surface area contributed by atoms with Crippen LogP contribution in [-0.4, -0.2) is 5.11 Å². The zero-order valence-electron chi connectivity index (χ0n) is 6.77. The number of aryl methyl sites for hydroxylation is 1. The number of aliphatic hydroxyl groups excluding tert-OH is 1. The highest BCUT2D eigenvalue weighted by Gasteiger charge is 2.08. The third-order valence-electron chi connectivity index (χ3n) is 1.77. The summed E-state index contributed by atoms with van der Waals surface area (Å²) in [5.74, 6) is -1.34. The van der Waals surface area contributed by atoms with Crippen LogP contribution in [-0.2, 0) is 13.0 Å². The maximum Gasteiger partial charge on any atom is 0.131 e. The summed E-state index contributed by atoms with van der Waals surface area (Å²) in [7, 11) is 0. The number of rotatable bonds is 2. The van der Waals surface area contributed by atoms with Gasteiger partial charge in [-0.05, 0) is 24.1 Å². The topological polar surface area (TPSA) is 20.2 Å². The summed E-state index contributed by atoms with van der Waals surface area (Å²) in [6, 6.07) is 2.49. The molecule has 0 bridgehead atoms. The van der Waals surface area contributed by atoms with E-state index < -0.39 is 18.2 Å². The normalized spacial score (nSPS) is 10.3. The van der Waals surface area contributed by atoms with Crippen LogP contribution in [0.3, 0.4) is 0 Å². The lowest BCUT2D eigenvalue weighted by atomic mass is 10.1. The summed E-state index contributed by atoms with van der Waals surface area (Å²) in [5, 5.41) is 8.58. The monoisotopic (exact) mass is 172 g/mol. The number of hydrogen-bond acceptors (Lipinski definition) is 1. The van der Waals surface area contributed by atoms with E-state index in [9.17, 15) is 8.78 Å². The first-order valence-electron chi connectivity index (χ1n) is 3.76. The van der Waals surface area contributed by atoms with E-state index in [0.717, 1.165) is 0 Å². The van der Waals surface area contributed by atoms with Crippen molar-refractivity contribution in [3.05, 3.63) is 34.9 Å². The standard InChI is InChI=1S/C9H10F2O/c1-2-6-3-8(10)7(5-12)9(11)4-6/h3-4,12H,2,5H2,1H3. The molecule has 1 aromatic rings. The molecule has 1 nitrogen and oxygen atoms in total. The first-order chi connectivity index (χ1) is 5.69. The third-order valence-corrected chi connectivity index (χ3v) is 1.77. The largest absolute Gasteiger partial charge is 0.391 e. The number of hydrogen-bond donors (Lipinski definition) is 1. The van der Waals surface area contributed by atoms with Gasteiger partial charge in [-0.3, -0.25) is 0 Å². The van der Waals surface area contributed by atoms with Crippen molar-refractivity contribution in [2.45, 2.75) is 20.0 Å². The van der Waals surface area contributed by atoms with Gasteiger partial charge >= 0.3 is 0 Å². The van der Waals surface area contributed by atoms with Gasteiger partial charge < -0.3 is 5.11 Å². The second-order valence-corrected chi connectivity index (χ2v) is 2.55. The van der Waals surface area contributed by atoms with E-state index in [2.05, 4.69) is 0 Å². The molecule has 1 aromatic carbocycles. The Morgan fingerprint density at radius 1 is 1.25 bits per heavy atom. The van der Waals surface area contributed by atoms with Crippen LogP contribution < -0.4 is 0 Å². The van der Waals surface area contributed by atoms with Crippen molar-refractivity contribution >= 4 is 0 Å². The molecular formula is C9H10F2O. The Hall–Kier alpha value is -0.960. The summed E-state index contributed by atoms with van der Waals surface area (Å²) in [4.78, 5) is 0. The fraction of sp³-hybridized carbons (Fsp3) is 0.333. The second kappa shape index (κ2) is 3.63. The first kappa shape index (κ1) is 9.13. The van der Waals surface area contributed by atoms with Crippen LogP contribution in [0.2, 0.25) is 0 Å². The second-order valence-electron chi connectivity index (χ2n) is 2.55. The molecule has 1 rings (SSSR count). The molecule has 12 heavy (non-hydrogen) atoms. The van der Waals surface area contributed by atoms with Crippen molar-refractivity contribution in [3.63, 3.8) is 0 Å². The molecule has 0 aliphatic rings. The Labute approximate surface area is 69.7 Å². The molecule has 0 atom stereocenters. The van der Waals surface area contributed by atoms with E-state index in [1.807, 2.05) is 6.92 Å². The van der Waals surface area contributed by atoms with E-state index in [1.165, 1.54) is 12.1 Å². The maximum absolute atomic E-state index is 12.9. The molecule has 0 aromatic heterocycles. The van der Waals surface area contributed by atoms with Gasteiger partial charge in [-0.2, -0.15) is 0 Å². The molecule has 0 saturated heterocycles. The molecule has 0 radical (unpaired) electrons. The van der Waals surface area contributed by atoms with E-state index in [-0.39, 0.29) is 5.56 Å². The molecule has 0 spiro atoms. The van der Waals surface area contributed by atoms with Crippen molar-refractivity contribution in [2.24, 2.45) is 0 Å². The molecule has 0 heterocycles. The van der Waals surface area contributed by atoms with E-state index >= 15 is 0 Å². The van der Waals surface area contributed by atoms with Gasteiger partial charge in [0.1, 0.15) is 11.6 Å². The lowest BCUT2D eigenvalue weighted by Gasteiger charge is -2.03. The minimum atomic E-state index is -0.672. The summed E-state index contributed by atoms with van der Waals surface area (Å²) in [5.41, 5.74) is 0.342. The Kier molecular flexibility index (Phi) is 2.76. The van der Waals surface area contributed by atoms with Gasteiger partial charge in [0.05, 0.1) is 6.61 Å². The molecule has 1 N–H and O–H groups in total. The van der Waals surface area contributed by atoms with Crippen LogP contribution in [0, 0.1) is 11.6 Å². The predicted octanol–water partition coefficient (Wildman–Crippen LogP) is 2.02. The minimum Gasteiger partial charge on any atom is -0.391 e. The maximum atomic E-state index is 12.9. The third kappa shape index (κ3) is 1.61. The van der Waals surface area contributed by atoms with Crippen LogP contribution in [0.15, 0.2) is 12.1 Å². The quantitative estimate of drug-likeness (QED) is 0.723. The SMILES string of the molecule is CCc1cc(F)c(CO)c(F)c1. The van der Waals surface area contributed by atoms with Gasteiger partial charge in [0.15, 0.2) is 0 Å². The van der Waals surface area contributed by atoms with Crippen LogP contribution in [0.4, 0.5) is 8.78 Å². The predicted molar refractivity (Wildman–Crippen MR) is 41.7 cm³/mol. The first-order valence-corrected chi connectivity index (χ1v) is 3.76. The van der Waals surface area contributed by atoms with Gasteiger partial charge in [-0.1, -0.05) is 6.92 Å². The molecule has 0 aliphatic heterocycles. The van der Waals surface area contributed by atoms with Crippen molar-refractivity contribution in [2.75, 3.05) is 0 Å². The number of halogens is 2. The highest BCUT2D eigenvalue weighted by Crippen LogP contribution is 2.15. The van der Waals surface area contributed by atoms with Gasteiger partial charge in [0, 0.05) is 5.56 Å². The van der Waals surface area contributed by atoms with Gasteiger partial charge in [0.2, 0.25) is 0 Å². The summed E-state index contributed by atoms with van der Waals surface area (Å²) in [6.45, 7) is 1.22. The number of aliphatic hydroxyl groups is 1. The highest BCUT2D eigenvalue weighted by molar-refractivity contribution is 5.25. The van der Waals surface area contributed by atoms with Crippen molar-refractivity contribution in [3.8, 4) is 0 Å². The summed E-state index contributed by atoms with van der Waals surface area (Å²) < 4.78 is 25.8. The van der Waals surface area contributed by atoms with E-state index in [1.54, 1.807) is 0 Å². The van der Waals surface area contributed by atoms with Gasteiger partial charge in [-0.25, -0.2) is 8.78 Å². The lowest BCUT2D eigenvalue weighted by molar-refractivity contribution is 0.268. The van der Waals surface area contributed by atoms with Gasteiger partial charge in [-0.15, -0.1) is 0 Å². The lowest BCUT2D eigenvalue weighted by Crippen LogP contribution is -1.97. The molecule has 0 unspecified atom stereocenters. The number of benzene rings is 1. The van der Waals surface area contributed by atoms with Gasteiger partial charge in [0.25, 0.3) is 0 Å². The zero-order valence-corrected chi connectivity index (χ0v) is 6.77. The Morgan fingerprint density at radius 3 is 2.08 bits per heavy atom. The average molecular weight is 172 g/mol. The summed E-state index contributed by atoms with van der Waals surface area (Å²) >= 11 is 0. The Bertz CT molecular complexity index is 261.